The highest BCUT2D eigenvalue weighted by Crippen LogP contribution is 1.79. The first-order valence-electron chi connectivity index (χ1n) is 3.52. The lowest BCUT2D eigenvalue weighted by Crippen LogP contribution is -2.22. The van der Waals surface area contributed by atoms with Crippen LogP contribution in [-0.4, -0.2) is 25.2 Å². The number of hydrogen-bond acceptors (Lipinski definition) is 2. The minimum atomic E-state index is 0.0769. The third kappa shape index (κ3) is 5.28. The van der Waals surface area contributed by atoms with Crippen LogP contribution in [0.1, 0.15) is 20.3 Å². The second-order valence-corrected chi connectivity index (χ2v) is 1.87. The molecule has 0 heterocycles. The molecule has 0 aliphatic heterocycles. The standard InChI is InChI=1S/C7H14N2O/c1-3-8-6-5-7(10)9-4-2/h3H,4-6H2,1-2H3,(H,9,10)/b8-3+. The van der Waals surface area contributed by atoms with E-state index in [0.29, 0.717) is 19.5 Å². The Balaban J connectivity index is 3.21. The van der Waals surface area contributed by atoms with Gasteiger partial charge in [-0.15, -0.1) is 0 Å². The zero-order chi connectivity index (χ0) is 7.82. The molecule has 1 N–H and O–H groups in total. The summed E-state index contributed by atoms with van der Waals surface area (Å²) in [7, 11) is 0. The van der Waals surface area contributed by atoms with E-state index in [4.69, 9.17) is 0 Å². The fourth-order valence-electron chi connectivity index (χ4n) is 0.581. The number of nitrogens with one attached hydrogen (secondary N) is 1. The monoisotopic (exact) mass is 142 g/mol. The lowest BCUT2D eigenvalue weighted by molar-refractivity contribution is -0.120. The highest BCUT2D eigenvalue weighted by molar-refractivity contribution is 5.76. The van der Waals surface area contributed by atoms with Gasteiger partial charge in [-0.3, -0.25) is 9.79 Å². The van der Waals surface area contributed by atoms with E-state index in [1.165, 1.54) is 0 Å². The van der Waals surface area contributed by atoms with Gasteiger partial charge in [-0.05, 0) is 20.1 Å². The van der Waals surface area contributed by atoms with Gasteiger partial charge in [0.2, 0.25) is 5.91 Å². The Morgan fingerprint density at radius 3 is 2.90 bits per heavy atom. The summed E-state index contributed by atoms with van der Waals surface area (Å²) in [5, 5.41) is 2.69. The third-order valence-corrected chi connectivity index (χ3v) is 1.02. The summed E-state index contributed by atoms with van der Waals surface area (Å²) in [4.78, 5) is 14.6. The van der Waals surface area contributed by atoms with Crippen LogP contribution >= 0.6 is 0 Å². The van der Waals surface area contributed by atoms with Crippen molar-refractivity contribution in [2.24, 2.45) is 4.99 Å². The molecule has 0 atom stereocenters. The average Bonchev–Trinajstić information content (AvgIpc) is 1.89. The second-order valence-electron chi connectivity index (χ2n) is 1.87. The number of carbonyl (C=O) groups is 1. The van der Waals surface area contributed by atoms with Crippen LogP contribution in [0.5, 0.6) is 0 Å². The summed E-state index contributed by atoms with van der Waals surface area (Å²) in [6, 6.07) is 0. The summed E-state index contributed by atoms with van der Waals surface area (Å²) in [6.45, 7) is 5.05. The smallest absolute Gasteiger partial charge is 0.221 e. The summed E-state index contributed by atoms with van der Waals surface area (Å²) in [5.41, 5.74) is 0. The van der Waals surface area contributed by atoms with Crippen molar-refractivity contribution in [3.63, 3.8) is 0 Å². The van der Waals surface area contributed by atoms with Crippen molar-refractivity contribution in [2.75, 3.05) is 13.1 Å². The molecule has 0 aliphatic rings. The maximum Gasteiger partial charge on any atom is 0.221 e. The minimum absolute atomic E-state index is 0.0769. The first kappa shape index (κ1) is 9.14. The molecule has 58 valence electrons. The molecule has 0 rings (SSSR count). The molecule has 0 fully saturated rings. The van der Waals surface area contributed by atoms with Gasteiger partial charge in [-0.1, -0.05) is 0 Å². The van der Waals surface area contributed by atoms with Gasteiger partial charge in [0, 0.05) is 19.5 Å². The van der Waals surface area contributed by atoms with Crippen molar-refractivity contribution in [3.05, 3.63) is 0 Å². The maximum absolute atomic E-state index is 10.7. The van der Waals surface area contributed by atoms with Gasteiger partial charge < -0.3 is 5.32 Å². The normalized spacial score (nSPS) is 10.2. The number of nitrogens with zero attached hydrogens (tertiary/aromatic N) is 1. The van der Waals surface area contributed by atoms with E-state index in [1.54, 1.807) is 6.21 Å². The van der Waals surface area contributed by atoms with Crippen molar-refractivity contribution in [3.8, 4) is 0 Å². The Bertz CT molecular complexity index is 121. The van der Waals surface area contributed by atoms with Crippen molar-refractivity contribution in [2.45, 2.75) is 20.3 Å². The molecule has 0 spiro atoms. The zero-order valence-corrected chi connectivity index (χ0v) is 6.55. The van der Waals surface area contributed by atoms with E-state index in [0.717, 1.165) is 0 Å². The molecule has 3 nitrogen and oxygen atoms in total. The fourth-order valence-corrected chi connectivity index (χ4v) is 0.581. The van der Waals surface area contributed by atoms with Gasteiger partial charge in [0.1, 0.15) is 0 Å². The van der Waals surface area contributed by atoms with E-state index in [2.05, 4.69) is 10.3 Å². The molecule has 1 amide bonds. The topological polar surface area (TPSA) is 41.5 Å². The van der Waals surface area contributed by atoms with Crippen LogP contribution in [0.2, 0.25) is 0 Å². The van der Waals surface area contributed by atoms with E-state index in [1.807, 2.05) is 13.8 Å². The Kier molecular flexibility index (Phi) is 5.72. The zero-order valence-electron chi connectivity index (χ0n) is 6.55. The highest BCUT2D eigenvalue weighted by atomic mass is 16.1. The summed E-state index contributed by atoms with van der Waals surface area (Å²) >= 11 is 0. The molecule has 0 aromatic heterocycles. The van der Waals surface area contributed by atoms with Crippen molar-refractivity contribution < 1.29 is 4.79 Å². The molecule has 0 aromatic rings. The van der Waals surface area contributed by atoms with E-state index in [-0.39, 0.29) is 5.91 Å². The molecule has 3 heteroatoms. The van der Waals surface area contributed by atoms with Gasteiger partial charge in [0.25, 0.3) is 0 Å². The predicted molar refractivity (Wildman–Crippen MR) is 42.3 cm³/mol. The number of aliphatic imine (C=N–C) groups is 1. The van der Waals surface area contributed by atoms with Crippen LogP contribution < -0.4 is 5.32 Å². The fraction of sp³-hybridized carbons (Fsp3) is 0.714. The Morgan fingerprint density at radius 1 is 1.70 bits per heavy atom. The van der Waals surface area contributed by atoms with E-state index in [9.17, 15) is 4.79 Å². The van der Waals surface area contributed by atoms with Crippen LogP contribution in [0.15, 0.2) is 4.99 Å². The average molecular weight is 142 g/mol. The third-order valence-electron chi connectivity index (χ3n) is 1.02. The van der Waals surface area contributed by atoms with Crippen LogP contribution in [0.25, 0.3) is 0 Å². The number of carbonyl (C=O) groups excluding carboxylic acids is 1. The molecular formula is C7H14N2O. The van der Waals surface area contributed by atoms with Crippen LogP contribution in [0.3, 0.4) is 0 Å². The van der Waals surface area contributed by atoms with Crippen LogP contribution in [0, 0.1) is 0 Å². The molecular weight excluding hydrogens is 128 g/mol. The minimum Gasteiger partial charge on any atom is -0.356 e. The molecule has 0 saturated carbocycles. The van der Waals surface area contributed by atoms with Crippen molar-refractivity contribution in [1.82, 2.24) is 5.32 Å². The van der Waals surface area contributed by atoms with Gasteiger partial charge in [-0.25, -0.2) is 0 Å². The lowest BCUT2D eigenvalue weighted by atomic mass is 10.4. The predicted octanol–water partition coefficient (Wildman–Crippen LogP) is 0.603. The molecule has 0 unspecified atom stereocenters. The highest BCUT2D eigenvalue weighted by Gasteiger charge is 1.94. The van der Waals surface area contributed by atoms with Gasteiger partial charge in [0.05, 0.1) is 0 Å². The number of rotatable bonds is 4. The number of amides is 1. The Hall–Kier alpha value is -0.860. The SMILES string of the molecule is C/C=N/CCC(=O)NCC. The maximum atomic E-state index is 10.7. The van der Waals surface area contributed by atoms with E-state index < -0.39 is 0 Å². The molecule has 0 radical (unpaired) electrons. The summed E-state index contributed by atoms with van der Waals surface area (Å²) in [6.07, 6.45) is 2.21. The summed E-state index contributed by atoms with van der Waals surface area (Å²) in [5.74, 6) is 0.0769. The Labute approximate surface area is 61.5 Å². The largest absolute Gasteiger partial charge is 0.356 e. The van der Waals surface area contributed by atoms with Crippen molar-refractivity contribution in [1.29, 1.82) is 0 Å². The molecule has 0 bridgehead atoms. The van der Waals surface area contributed by atoms with Crippen LogP contribution in [0.4, 0.5) is 0 Å². The molecule has 0 aromatic carbocycles. The molecule has 0 aliphatic carbocycles. The first-order valence-corrected chi connectivity index (χ1v) is 3.52. The lowest BCUT2D eigenvalue weighted by Gasteiger charge is -1.97. The van der Waals surface area contributed by atoms with Crippen LogP contribution in [-0.2, 0) is 4.79 Å². The van der Waals surface area contributed by atoms with Crippen molar-refractivity contribution >= 4 is 12.1 Å². The summed E-state index contributed by atoms with van der Waals surface area (Å²) < 4.78 is 0. The second kappa shape index (κ2) is 6.26. The molecule has 10 heavy (non-hydrogen) atoms. The van der Waals surface area contributed by atoms with Gasteiger partial charge in [-0.2, -0.15) is 0 Å². The Morgan fingerprint density at radius 2 is 2.40 bits per heavy atom. The molecule has 0 saturated heterocycles. The number of hydrogen-bond donors (Lipinski definition) is 1. The van der Waals surface area contributed by atoms with Gasteiger partial charge >= 0.3 is 0 Å². The quantitative estimate of drug-likeness (QED) is 0.574. The van der Waals surface area contributed by atoms with Gasteiger partial charge in [0.15, 0.2) is 0 Å². The van der Waals surface area contributed by atoms with E-state index >= 15 is 0 Å². The first-order chi connectivity index (χ1) is 4.81.